The van der Waals surface area contributed by atoms with Crippen molar-refractivity contribution in [2.24, 2.45) is 5.10 Å². The van der Waals surface area contributed by atoms with E-state index in [9.17, 15) is 18.0 Å². The van der Waals surface area contributed by atoms with E-state index in [2.05, 4.69) is 21.5 Å². The van der Waals surface area contributed by atoms with E-state index in [1.807, 2.05) is 55.4 Å². The Bertz CT molecular complexity index is 1190. The van der Waals surface area contributed by atoms with Gasteiger partial charge in [-0.1, -0.05) is 35.9 Å². The number of fused-ring (bicyclic) bond motifs is 1. The molecule has 188 valence electrons. The van der Waals surface area contributed by atoms with Crippen molar-refractivity contribution in [1.82, 2.24) is 14.9 Å². The van der Waals surface area contributed by atoms with Gasteiger partial charge in [0.2, 0.25) is 0 Å². The fraction of sp³-hybridized carbons (Fsp3) is 0.222. The number of amides is 1. The van der Waals surface area contributed by atoms with Crippen LogP contribution in [0.5, 0.6) is 5.75 Å². The Hall–Kier alpha value is -4.14. The largest absolute Gasteiger partial charge is 0.573 e. The summed E-state index contributed by atoms with van der Waals surface area (Å²) >= 11 is 0. The molecule has 1 aliphatic heterocycles. The summed E-state index contributed by atoms with van der Waals surface area (Å²) in [4.78, 5) is 17.8. The first-order chi connectivity index (χ1) is 17.1. The summed E-state index contributed by atoms with van der Waals surface area (Å²) in [5, 5.41) is 5.72. The van der Waals surface area contributed by atoms with Gasteiger partial charge < -0.3 is 9.64 Å². The normalized spacial score (nSPS) is 12.2. The molecule has 0 saturated heterocycles. The molecular formula is C27H27F3N4O2. The van der Waals surface area contributed by atoms with Gasteiger partial charge in [-0.2, -0.15) is 5.10 Å². The average Bonchev–Trinajstić information content (AvgIpc) is 3.15. The van der Waals surface area contributed by atoms with Crippen LogP contribution >= 0.6 is 0 Å². The third-order valence-electron chi connectivity index (χ3n) is 5.11. The van der Waals surface area contributed by atoms with Crippen molar-refractivity contribution in [1.29, 1.82) is 0 Å². The number of benzene rings is 2. The Morgan fingerprint density at radius 1 is 1.08 bits per heavy atom. The molecule has 0 spiro atoms. The van der Waals surface area contributed by atoms with E-state index in [4.69, 9.17) is 0 Å². The van der Waals surface area contributed by atoms with Gasteiger partial charge in [-0.25, -0.2) is 0 Å². The van der Waals surface area contributed by atoms with Crippen LogP contribution in [0.3, 0.4) is 0 Å². The summed E-state index contributed by atoms with van der Waals surface area (Å²) in [5.41, 5.74) is 4.76. The minimum atomic E-state index is -4.70. The Morgan fingerprint density at radius 2 is 1.75 bits per heavy atom. The molecule has 1 aliphatic rings. The van der Waals surface area contributed by atoms with Gasteiger partial charge in [-0.05, 0) is 60.9 Å². The van der Waals surface area contributed by atoms with E-state index in [0.29, 0.717) is 18.7 Å². The standard InChI is InChI=1S/C16H12F3NO2.C11H15N3/c17-16(18,19)22-13-7-5-11(6-8-13)9-20-10-12-3-1-2-4-14(12)15(20)21;1-10(2)8-14(12-3)9-11-4-6-13-7-5-11/h1-8H,9-10H2;4-8H,3,9H2,1-2H3. The third-order valence-corrected chi connectivity index (χ3v) is 5.11. The summed E-state index contributed by atoms with van der Waals surface area (Å²) in [5.74, 6) is -0.335. The third kappa shape index (κ3) is 7.97. The molecule has 1 aromatic heterocycles. The molecule has 4 rings (SSSR count). The number of rotatable bonds is 7. The van der Waals surface area contributed by atoms with Crippen molar-refractivity contribution in [2.75, 3.05) is 0 Å². The molecule has 36 heavy (non-hydrogen) atoms. The molecule has 6 nitrogen and oxygen atoms in total. The van der Waals surface area contributed by atoms with Crippen LogP contribution in [0.1, 0.15) is 40.9 Å². The van der Waals surface area contributed by atoms with Crippen LogP contribution in [0, 0.1) is 0 Å². The molecule has 1 amide bonds. The molecular weight excluding hydrogens is 469 g/mol. The highest BCUT2D eigenvalue weighted by molar-refractivity contribution is 5.98. The van der Waals surface area contributed by atoms with Crippen LogP contribution in [0.25, 0.3) is 0 Å². The molecule has 2 heterocycles. The van der Waals surface area contributed by atoms with E-state index in [-0.39, 0.29) is 11.7 Å². The lowest BCUT2D eigenvalue weighted by Gasteiger charge is -2.16. The minimum Gasteiger partial charge on any atom is -0.406 e. The van der Waals surface area contributed by atoms with Gasteiger partial charge >= 0.3 is 6.36 Å². The van der Waals surface area contributed by atoms with Crippen LogP contribution in [-0.4, -0.2) is 33.9 Å². The smallest absolute Gasteiger partial charge is 0.406 e. The SMILES string of the molecule is C=NN(C=C(C)C)Cc1ccncc1.O=C1c2ccccc2CN1Cc1ccc(OC(F)(F)F)cc1. The van der Waals surface area contributed by atoms with Gasteiger partial charge in [0.1, 0.15) is 5.75 Å². The number of hydrogen-bond acceptors (Lipinski definition) is 5. The number of carbonyl (C=O) groups excluding carboxylic acids is 1. The summed E-state index contributed by atoms with van der Waals surface area (Å²) in [6, 6.07) is 16.8. The number of allylic oxidation sites excluding steroid dienone is 1. The van der Waals surface area contributed by atoms with Crippen LogP contribution in [0.2, 0.25) is 0 Å². The number of hydrogen-bond donors (Lipinski definition) is 0. The molecule has 0 bridgehead atoms. The summed E-state index contributed by atoms with van der Waals surface area (Å²) in [6.07, 6.45) is 0.819. The second kappa shape index (κ2) is 12.0. The predicted molar refractivity (Wildman–Crippen MR) is 132 cm³/mol. The Morgan fingerprint density at radius 3 is 2.33 bits per heavy atom. The van der Waals surface area contributed by atoms with Crippen LogP contribution in [-0.2, 0) is 19.6 Å². The molecule has 0 atom stereocenters. The van der Waals surface area contributed by atoms with E-state index in [1.165, 1.54) is 35.4 Å². The lowest BCUT2D eigenvalue weighted by atomic mass is 10.1. The van der Waals surface area contributed by atoms with Crippen LogP contribution < -0.4 is 4.74 Å². The number of pyridine rings is 1. The molecule has 3 aromatic rings. The molecule has 2 aromatic carbocycles. The van der Waals surface area contributed by atoms with Gasteiger partial charge in [0.05, 0.1) is 6.54 Å². The summed E-state index contributed by atoms with van der Waals surface area (Å²) < 4.78 is 40.1. The maximum Gasteiger partial charge on any atom is 0.573 e. The quantitative estimate of drug-likeness (QED) is 0.290. The van der Waals surface area contributed by atoms with Crippen molar-refractivity contribution < 1.29 is 22.7 Å². The summed E-state index contributed by atoms with van der Waals surface area (Å²) in [6.45, 7) is 9.18. The van der Waals surface area contributed by atoms with Crippen molar-refractivity contribution in [3.63, 3.8) is 0 Å². The molecule has 0 fully saturated rings. The first-order valence-electron chi connectivity index (χ1n) is 11.1. The molecule has 9 heteroatoms. The highest BCUT2D eigenvalue weighted by Crippen LogP contribution is 2.26. The van der Waals surface area contributed by atoms with Crippen molar-refractivity contribution in [2.45, 2.75) is 39.8 Å². The zero-order chi connectivity index (χ0) is 26.1. The lowest BCUT2D eigenvalue weighted by Crippen LogP contribution is -2.23. The zero-order valence-electron chi connectivity index (χ0n) is 20.1. The molecule has 0 N–H and O–H groups in total. The van der Waals surface area contributed by atoms with Gasteiger partial charge in [0.25, 0.3) is 5.91 Å². The van der Waals surface area contributed by atoms with E-state index < -0.39 is 6.36 Å². The highest BCUT2D eigenvalue weighted by Gasteiger charge is 2.31. The van der Waals surface area contributed by atoms with Crippen molar-refractivity contribution >= 4 is 12.6 Å². The maximum atomic E-state index is 12.2. The Kier molecular flexibility index (Phi) is 8.83. The number of hydrazone groups is 1. The second-order valence-corrected chi connectivity index (χ2v) is 8.31. The number of halogens is 3. The van der Waals surface area contributed by atoms with Crippen LogP contribution in [0.4, 0.5) is 13.2 Å². The number of alkyl halides is 3. The van der Waals surface area contributed by atoms with Crippen LogP contribution in [0.15, 0.2) is 89.9 Å². The van der Waals surface area contributed by atoms with E-state index in [0.717, 1.165) is 17.7 Å². The zero-order valence-corrected chi connectivity index (χ0v) is 20.1. The minimum absolute atomic E-state index is 0.0637. The first kappa shape index (κ1) is 26.5. The first-order valence-corrected chi connectivity index (χ1v) is 11.1. The Labute approximate surface area is 208 Å². The summed E-state index contributed by atoms with van der Waals surface area (Å²) in [7, 11) is 0. The lowest BCUT2D eigenvalue weighted by molar-refractivity contribution is -0.274. The number of ether oxygens (including phenoxy) is 1. The van der Waals surface area contributed by atoms with Crippen molar-refractivity contribution in [3.05, 3.63) is 107 Å². The number of carbonyl (C=O) groups is 1. The topological polar surface area (TPSA) is 58.0 Å². The number of aromatic nitrogens is 1. The van der Waals surface area contributed by atoms with E-state index in [1.54, 1.807) is 23.4 Å². The van der Waals surface area contributed by atoms with Crippen molar-refractivity contribution in [3.8, 4) is 5.75 Å². The molecule has 0 radical (unpaired) electrons. The monoisotopic (exact) mass is 496 g/mol. The number of nitrogens with zero attached hydrogens (tertiary/aromatic N) is 4. The average molecular weight is 497 g/mol. The predicted octanol–water partition coefficient (Wildman–Crippen LogP) is 6.16. The highest BCUT2D eigenvalue weighted by atomic mass is 19.4. The molecule has 0 aliphatic carbocycles. The maximum absolute atomic E-state index is 12.2. The fourth-order valence-electron chi connectivity index (χ4n) is 3.57. The molecule has 0 unspecified atom stereocenters. The Balaban J connectivity index is 0.000000223. The fourth-order valence-corrected chi connectivity index (χ4v) is 3.57. The molecule has 0 saturated carbocycles. The van der Waals surface area contributed by atoms with Gasteiger partial charge in [0, 0.05) is 44.0 Å². The second-order valence-electron chi connectivity index (χ2n) is 8.31. The van der Waals surface area contributed by atoms with E-state index >= 15 is 0 Å². The van der Waals surface area contributed by atoms with Gasteiger partial charge in [0.15, 0.2) is 0 Å². The van der Waals surface area contributed by atoms with Gasteiger partial charge in [-0.15, -0.1) is 13.2 Å². The van der Waals surface area contributed by atoms with Gasteiger partial charge in [-0.3, -0.25) is 14.8 Å².